The molecule has 0 unspecified atom stereocenters. The molecule has 1 aromatic rings. The average molecular weight is 369 g/mol. The summed E-state index contributed by atoms with van der Waals surface area (Å²) in [6, 6.07) is 5.60. The van der Waals surface area contributed by atoms with Gasteiger partial charge in [-0.2, -0.15) is 0 Å². The van der Waals surface area contributed by atoms with Crippen molar-refractivity contribution in [1.82, 2.24) is 5.32 Å². The zero-order valence-corrected chi connectivity index (χ0v) is 15.6. The third-order valence-electron chi connectivity index (χ3n) is 5.16. The molecule has 6 heteroatoms. The maximum absolute atomic E-state index is 12.9. The van der Waals surface area contributed by atoms with E-state index in [0.29, 0.717) is 35.7 Å². The van der Waals surface area contributed by atoms with Crippen LogP contribution in [0.1, 0.15) is 51.0 Å². The summed E-state index contributed by atoms with van der Waals surface area (Å²) in [5.74, 6) is 0.560. The van der Waals surface area contributed by atoms with Gasteiger partial charge in [-0.05, 0) is 43.9 Å². The Morgan fingerprint density at radius 3 is 2.89 bits per heavy atom. The van der Waals surface area contributed by atoms with Crippen LogP contribution in [0.2, 0.25) is 0 Å². The number of carbonyl (C=O) groups excluding carboxylic acids is 2. The molecule has 1 aromatic carbocycles. The lowest BCUT2D eigenvalue weighted by molar-refractivity contribution is -0.139. The minimum absolute atomic E-state index is 0.0831. The predicted octanol–water partition coefficient (Wildman–Crippen LogP) is 3.34. The molecule has 1 atom stereocenters. The van der Waals surface area contributed by atoms with Crippen molar-refractivity contribution < 1.29 is 23.8 Å². The summed E-state index contributed by atoms with van der Waals surface area (Å²) < 4.78 is 16.3. The standard InChI is InChI=1S/C21H23NO5/c1-3-9-25-21(24)18-12(2)22-14-5-4-6-15(23)20(14)19(18)13-7-8-16-17(10-13)27-11-26-16/h7-8,10,19,22H,3-6,9,11H2,1-2H3/t19-/m0/s1. The van der Waals surface area contributed by atoms with E-state index in [-0.39, 0.29) is 18.5 Å². The van der Waals surface area contributed by atoms with Gasteiger partial charge in [0.05, 0.1) is 12.2 Å². The Hall–Kier alpha value is -2.76. The first-order valence-electron chi connectivity index (χ1n) is 9.40. The van der Waals surface area contributed by atoms with E-state index in [9.17, 15) is 9.59 Å². The highest BCUT2D eigenvalue weighted by Gasteiger charge is 2.39. The Morgan fingerprint density at radius 2 is 2.07 bits per heavy atom. The lowest BCUT2D eigenvalue weighted by atomic mass is 9.75. The molecule has 0 radical (unpaired) electrons. The highest BCUT2D eigenvalue weighted by molar-refractivity contribution is 6.03. The van der Waals surface area contributed by atoms with E-state index in [1.54, 1.807) is 0 Å². The number of nitrogens with one attached hydrogen (secondary N) is 1. The lowest BCUT2D eigenvalue weighted by Gasteiger charge is -2.34. The fraction of sp³-hybridized carbons (Fsp3) is 0.429. The third kappa shape index (κ3) is 3.09. The Balaban J connectivity index is 1.82. The second kappa shape index (κ2) is 7.10. The summed E-state index contributed by atoms with van der Waals surface area (Å²) in [6.45, 7) is 4.35. The minimum atomic E-state index is -0.451. The number of Topliss-reactive ketones (excluding diaryl/α,β-unsaturated/α-hetero) is 1. The van der Waals surface area contributed by atoms with E-state index in [1.807, 2.05) is 32.0 Å². The van der Waals surface area contributed by atoms with Crippen molar-refractivity contribution in [3.05, 3.63) is 46.3 Å². The van der Waals surface area contributed by atoms with Crippen molar-refractivity contribution in [3.63, 3.8) is 0 Å². The SMILES string of the molecule is CCCOC(=O)C1=C(C)NC2=C(C(=O)CCC2)[C@H]1c1ccc2c(c1)OCO2. The molecule has 4 rings (SSSR count). The van der Waals surface area contributed by atoms with Crippen LogP contribution in [0.25, 0.3) is 0 Å². The van der Waals surface area contributed by atoms with E-state index >= 15 is 0 Å². The summed E-state index contributed by atoms with van der Waals surface area (Å²) in [5, 5.41) is 3.29. The van der Waals surface area contributed by atoms with Gasteiger partial charge in [0.2, 0.25) is 6.79 Å². The van der Waals surface area contributed by atoms with E-state index in [4.69, 9.17) is 14.2 Å². The van der Waals surface area contributed by atoms with Crippen LogP contribution in [0.5, 0.6) is 11.5 Å². The molecule has 0 aromatic heterocycles. The van der Waals surface area contributed by atoms with Crippen LogP contribution < -0.4 is 14.8 Å². The Labute approximate surface area is 158 Å². The van der Waals surface area contributed by atoms with Crippen molar-refractivity contribution in [2.24, 2.45) is 0 Å². The van der Waals surface area contributed by atoms with Gasteiger partial charge in [0.25, 0.3) is 0 Å². The summed E-state index contributed by atoms with van der Waals surface area (Å²) >= 11 is 0. The highest BCUT2D eigenvalue weighted by Crippen LogP contribution is 2.45. The fourth-order valence-corrected chi connectivity index (χ4v) is 3.95. The van der Waals surface area contributed by atoms with Gasteiger partial charge < -0.3 is 19.5 Å². The second-order valence-electron chi connectivity index (χ2n) is 7.01. The molecule has 0 fully saturated rings. The normalized spacial score (nSPS) is 21.1. The first kappa shape index (κ1) is 17.6. The topological polar surface area (TPSA) is 73.9 Å². The van der Waals surface area contributed by atoms with Crippen molar-refractivity contribution in [2.75, 3.05) is 13.4 Å². The number of carbonyl (C=O) groups is 2. The number of hydrogen-bond acceptors (Lipinski definition) is 6. The molecule has 6 nitrogen and oxygen atoms in total. The first-order valence-corrected chi connectivity index (χ1v) is 9.40. The molecule has 0 amide bonds. The molecular formula is C21H23NO5. The molecule has 1 N–H and O–H groups in total. The first-order chi connectivity index (χ1) is 13.1. The lowest BCUT2D eigenvalue weighted by Crippen LogP contribution is -2.34. The van der Waals surface area contributed by atoms with E-state index in [1.165, 1.54) is 0 Å². The van der Waals surface area contributed by atoms with Crippen LogP contribution in [0.15, 0.2) is 40.7 Å². The quantitative estimate of drug-likeness (QED) is 0.821. The summed E-state index contributed by atoms with van der Waals surface area (Å²) in [4.78, 5) is 25.7. The van der Waals surface area contributed by atoms with Crippen LogP contribution in [-0.2, 0) is 14.3 Å². The zero-order valence-electron chi connectivity index (χ0n) is 15.6. The van der Waals surface area contributed by atoms with Crippen molar-refractivity contribution in [1.29, 1.82) is 0 Å². The van der Waals surface area contributed by atoms with Crippen LogP contribution in [0, 0.1) is 0 Å². The number of rotatable bonds is 4. The fourth-order valence-electron chi connectivity index (χ4n) is 3.95. The van der Waals surface area contributed by atoms with Gasteiger partial charge in [-0.1, -0.05) is 13.0 Å². The van der Waals surface area contributed by atoms with Crippen molar-refractivity contribution in [3.8, 4) is 11.5 Å². The number of fused-ring (bicyclic) bond motifs is 1. The van der Waals surface area contributed by atoms with Gasteiger partial charge in [0.15, 0.2) is 17.3 Å². The number of benzene rings is 1. The van der Waals surface area contributed by atoms with Crippen molar-refractivity contribution >= 4 is 11.8 Å². The number of hydrogen-bond donors (Lipinski definition) is 1. The molecule has 3 aliphatic rings. The molecular weight excluding hydrogens is 346 g/mol. The molecule has 2 heterocycles. The number of esters is 1. The Kier molecular flexibility index (Phi) is 4.64. The van der Waals surface area contributed by atoms with Crippen LogP contribution in [0.3, 0.4) is 0 Å². The molecule has 0 saturated carbocycles. The van der Waals surface area contributed by atoms with Gasteiger partial charge in [-0.25, -0.2) is 4.79 Å². The number of allylic oxidation sites excluding steroid dienone is 3. The monoisotopic (exact) mass is 369 g/mol. The number of dihydropyridines is 1. The van der Waals surface area contributed by atoms with Gasteiger partial charge >= 0.3 is 5.97 Å². The maximum Gasteiger partial charge on any atom is 0.336 e. The van der Waals surface area contributed by atoms with E-state index in [2.05, 4.69) is 5.32 Å². The molecule has 0 saturated heterocycles. The molecule has 0 bridgehead atoms. The van der Waals surface area contributed by atoms with Crippen LogP contribution >= 0.6 is 0 Å². The van der Waals surface area contributed by atoms with Gasteiger partial charge in [0, 0.05) is 29.3 Å². The van der Waals surface area contributed by atoms with Gasteiger partial charge in [-0.15, -0.1) is 0 Å². The minimum Gasteiger partial charge on any atom is -0.462 e. The Morgan fingerprint density at radius 1 is 1.26 bits per heavy atom. The third-order valence-corrected chi connectivity index (χ3v) is 5.16. The number of ketones is 1. The summed E-state index contributed by atoms with van der Waals surface area (Å²) in [5.41, 5.74) is 3.67. The van der Waals surface area contributed by atoms with E-state index < -0.39 is 5.92 Å². The largest absolute Gasteiger partial charge is 0.462 e. The predicted molar refractivity (Wildman–Crippen MR) is 98.3 cm³/mol. The van der Waals surface area contributed by atoms with Crippen LogP contribution in [-0.4, -0.2) is 25.2 Å². The molecule has 27 heavy (non-hydrogen) atoms. The van der Waals surface area contributed by atoms with Gasteiger partial charge in [-0.3, -0.25) is 4.79 Å². The molecule has 142 valence electrons. The second-order valence-corrected chi connectivity index (χ2v) is 7.01. The molecule has 0 spiro atoms. The Bertz CT molecular complexity index is 867. The highest BCUT2D eigenvalue weighted by atomic mass is 16.7. The number of ether oxygens (including phenoxy) is 3. The van der Waals surface area contributed by atoms with Crippen LogP contribution in [0.4, 0.5) is 0 Å². The smallest absolute Gasteiger partial charge is 0.336 e. The van der Waals surface area contributed by atoms with Gasteiger partial charge in [0.1, 0.15) is 0 Å². The maximum atomic E-state index is 12.9. The molecule has 2 aliphatic heterocycles. The molecule has 1 aliphatic carbocycles. The van der Waals surface area contributed by atoms with Crippen molar-refractivity contribution in [2.45, 2.75) is 45.4 Å². The zero-order chi connectivity index (χ0) is 19.0. The van der Waals surface area contributed by atoms with E-state index in [0.717, 1.165) is 36.2 Å². The summed E-state index contributed by atoms with van der Waals surface area (Å²) in [6.07, 6.45) is 2.86. The average Bonchev–Trinajstić information content (AvgIpc) is 3.13. The summed E-state index contributed by atoms with van der Waals surface area (Å²) in [7, 11) is 0.